The first-order chi connectivity index (χ1) is 13.4. The number of nitrogens with zero attached hydrogens (tertiary/aromatic N) is 2. The Morgan fingerprint density at radius 1 is 1.21 bits per heavy atom. The number of nitriles is 1. The second-order valence-electron chi connectivity index (χ2n) is 6.12. The van der Waals surface area contributed by atoms with E-state index in [2.05, 4.69) is 5.32 Å². The number of nitrogens with one attached hydrogen (secondary N) is 1. The Labute approximate surface area is 164 Å². The van der Waals surface area contributed by atoms with Crippen molar-refractivity contribution in [3.63, 3.8) is 0 Å². The van der Waals surface area contributed by atoms with E-state index in [1.807, 2.05) is 42.7 Å². The van der Waals surface area contributed by atoms with Crippen molar-refractivity contribution in [2.75, 3.05) is 27.4 Å². The molecule has 0 aliphatic carbocycles. The summed E-state index contributed by atoms with van der Waals surface area (Å²) in [6, 6.07) is 10.9. The average molecular weight is 381 g/mol. The van der Waals surface area contributed by atoms with Crippen molar-refractivity contribution in [1.29, 1.82) is 5.26 Å². The lowest BCUT2D eigenvalue weighted by Crippen LogP contribution is -2.27. The molecule has 1 aromatic heterocycles. The van der Waals surface area contributed by atoms with Crippen LogP contribution in [0.4, 0.5) is 0 Å². The number of ether oxygens (including phenoxy) is 2. The van der Waals surface area contributed by atoms with Crippen LogP contribution in [-0.2, 0) is 14.3 Å². The van der Waals surface area contributed by atoms with Gasteiger partial charge in [-0.2, -0.15) is 5.26 Å². The maximum absolute atomic E-state index is 12.1. The highest BCUT2D eigenvalue weighted by atomic mass is 16.5. The number of hydrogen-bond donors (Lipinski definition) is 1. The Bertz CT molecular complexity index is 934. The van der Waals surface area contributed by atoms with E-state index in [1.165, 1.54) is 7.11 Å². The van der Waals surface area contributed by atoms with Gasteiger partial charge in [0.05, 0.1) is 19.3 Å². The van der Waals surface area contributed by atoms with Gasteiger partial charge in [0.25, 0.3) is 5.91 Å². The van der Waals surface area contributed by atoms with Gasteiger partial charge in [-0.05, 0) is 55.8 Å². The monoisotopic (exact) mass is 381 g/mol. The van der Waals surface area contributed by atoms with Crippen molar-refractivity contribution in [1.82, 2.24) is 9.88 Å². The zero-order valence-electron chi connectivity index (χ0n) is 16.4. The number of carbonyl (C=O) groups is 2. The maximum Gasteiger partial charge on any atom is 0.337 e. The minimum atomic E-state index is -0.438. The van der Waals surface area contributed by atoms with Crippen LogP contribution in [0.2, 0.25) is 0 Å². The fourth-order valence-electron chi connectivity index (χ4n) is 2.86. The first kappa shape index (κ1) is 20.9. The van der Waals surface area contributed by atoms with Gasteiger partial charge in [-0.3, -0.25) is 4.79 Å². The molecular weight excluding hydrogens is 358 g/mol. The Morgan fingerprint density at radius 3 is 2.46 bits per heavy atom. The van der Waals surface area contributed by atoms with Gasteiger partial charge < -0.3 is 19.4 Å². The molecule has 0 spiro atoms. The second kappa shape index (κ2) is 9.53. The summed E-state index contributed by atoms with van der Waals surface area (Å²) >= 11 is 0. The number of aromatic nitrogens is 1. The van der Waals surface area contributed by atoms with Crippen molar-refractivity contribution in [2.45, 2.75) is 13.8 Å². The van der Waals surface area contributed by atoms with Crippen LogP contribution >= 0.6 is 0 Å². The lowest BCUT2D eigenvalue weighted by atomic mass is 10.1. The van der Waals surface area contributed by atoms with Crippen molar-refractivity contribution in [3.8, 4) is 11.8 Å². The predicted octanol–water partition coefficient (Wildman–Crippen LogP) is 2.55. The van der Waals surface area contributed by atoms with Crippen molar-refractivity contribution in [3.05, 3.63) is 58.4 Å². The van der Waals surface area contributed by atoms with Gasteiger partial charge >= 0.3 is 5.97 Å². The molecule has 2 rings (SSSR count). The Hall–Kier alpha value is -3.37. The van der Waals surface area contributed by atoms with E-state index < -0.39 is 11.9 Å². The van der Waals surface area contributed by atoms with Crippen LogP contribution in [-0.4, -0.2) is 43.8 Å². The highest BCUT2D eigenvalue weighted by Crippen LogP contribution is 2.23. The molecule has 0 radical (unpaired) electrons. The molecule has 2 aromatic rings. The highest BCUT2D eigenvalue weighted by Gasteiger charge is 2.14. The lowest BCUT2D eigenvalue weighted by molar-refractivity contribution is -0.117. The second-order valence-corrected chi connectivity index (χ2v) is 6.12. The number of benzene rings is 1. The molecule has 0 saturated heterocycles. The summed E-state index contributed by atoms with van der Waals surface area (Å²) in [7, 11) is 2.88. The van der Waals surface area contributed by atoms with Gasteiger partial charge in [0.1, 0.15) is 11.6 Å². The number of aryl methyl sites for hydroxylation is 1. The quantitative estimate of drug-likeness (QED) is 0.344. The van der Waals surface area contributed by atoms with Crippen LogP contribution in [0.15, 0.2) is 35.9 Å². The summed E-state index contributed by atoms with van der Waals surface area (Å²) in [6.45, 7) is 4.55. The molecular formula is C21H23N3O4. The summed E-state index contributed by atoms with van der Waals surface area (Å²) in [5.74, 6) is -0.832. The Kier molecular flexibility index (Phi) is 7.13. The lowest BCUT2D eigenvalue weighted by Gasteiger charge is -2.10. The molecule has 7 heteroatoms. The molecule has 0 aliphatic rings. The van der Waals surface area contributed by atoms with E-state index in [-0.39, 0.29) is 5.57 Å². The number of methoxy groups -OCH3 is 2. The van der Waals surface area contributed by atoms with Crippen LogP contribution in [0.25, 0.3) is 11.8 Å². The molecule has 0 atom stereocenters. The zero-order valence-corrected chi connectivity index (χ0v) is 16.4. The fraction of sp³-hybridized carbons (Fsp3) is 0.286. The number of esters is 1. The molecule has 0 unspecified atom stereocenters. The standard InChI is InChI=1S/C21H23N3O4/c1-14-11-17(12-18(13-22)20(25)23-9-10-27-3)15(2)24(14)19-7-5-16(6-8-19)21(26)28-4/h5-8,11-12H,9-10H2,1-4H3,(H,23,25). The van der Waals surface area contributed by atoms with Crippen molar-refractivity contribution < 1.29 is 19.1 Å². The third-order valence-corrected chi connectivity index (χ3v) is 4.27. The van der Waals surface area contributed by atoms with Gasteiger partial charge in [0.15, 0.2) is 0 Å². The molecule has 0 aliphatic heterocycles. The fourth-order valence-corrected chi connectivity index (χ4v) is 2.86. The van der Waals surface area contributed by atoms with E-state index in [0.29, 0.717) is 18.7 Å². The number of amides is 1. The van der Waals surface area contributed by atoms with Crippen LogP contribution in [0, 0.1) is 25.2 Å². The third kappa shape index (κ3) is 4.67. The van der Waals surface area contributed by atoms with E-state index in [0.717, 1.165) is 22.6 Å². The normalized spacial score (nSPS) is 11.0. The summed E-state index contributed by atoms with van der Waals surface area (Å²) in [5, 5.41) is 12.0. The van der Waals surface area contributed by atoms with Crippen LogP contribution in [0.3, 0.4) is 0 Å². The molecule has 146 valence electrons. The van der Waals surface area contributed by atoms with Crippen LogP contribution in [0.5, 0.6) is 0 Å². The molecule has 28 heavy (non-hydrogen) atoms. The third-order valence-electron chi connectivity index (χ3n) is 4.27. The summed E-state index contributed by atoms with van der Waals surface area (Å²) in [5.41, 5.74) is 3.94. The molecule has 1 amide bonds. The van der Waals surface area contributed by atoms with Crippen molar-refractivity contribution >= 4 is 18.0 Å². The van der Waals surface area contributed by atoms with Gasteiger partial charge in [-0.1, -0.05) is 0 Å². The molecule has 1 N–H and O–H groups in total. The molecule has 7 nitrogen and oxygen atoms in total. The summed E-state index contributed by atoms with van der Waals surface area (Å²) < 4.78 is 11.6. The van der Waals surface area contributed by atoms with Crippen LogP contribution in [0.1, 0.15) is 27.3 Å². The molecule has 1 aromatic carbocycles. The maximum atomic E-state index is 12.1. The number of carbonyl (C=O) groups excluding carboxylic acids is 2. The van der Waals surface area contributed by atoms with E-state index in [1.54, 1.807) is 25.3 Å². The van der Waals surface area contributed by atoms with E-state index in [4.69, 9.17) is 9.47 Å². The minimum Gasteiger partial charge on any atom is -0.465 e. The molecule has 1 heterocycles. The molecule has 0 fully saturated rings. The topological polar surface area (TPSA) is 93.4 Å². The van der Waals surface area contributed by atoms with E-state index in [9.17, 15) is 14.9 Å². The minimum absolute atomic E-state index is 0.0254. The van der Waals surface area contributed by atoms with Gasteiger partial charge in [-0.25, -0.2) is 4.79 Å². The SMILES string of the molecule is COCCNC(=O)C(C#N)=Cc1cc(C)n(-c2ccc(C(=O)OC)cc2)c1C. The molecule has 0 saturated carbocycles. The van der Waals surface area contributed by atoms with Gasteiger partial charge in [-0.15, -0.1) is 0 Å². The Morgan fingerprint density at radius 2 is 1.89 bits per heavy atom. The summed E-state index contributed by atoms with van der Waals surface area (Å²) in [4.78, 5) is 23.7. The largest absolute Gasteiger partial charge is 0.465 e. The zero-order chi connectivity index (χ0) is 20.7. The van der Waals surface area contributed by atoms with Gasteiger partial charge in [0.2, 0.25) is 0 Å². The first-order valence-electron chi connectivity index (χ1n) is 8.69. The van der Waals surface area contributed by atoms with E-state index >= 15 is 0 Å². The number of rotatable bonds is 7. The van der Waals surface area contributed by atoms with Crippen molar-refractivity contribution in [2.24, 2.45) is 0 Å². The van der Waals surface area contributed by atoms with Gasteiger partial charge in [0, 0.05) is 30.7 Å². The summed E-state index contributed by atoms with van der Waals surface area (Å²) in [6.07, 6.45) is 1.57. The first-order valence-corrected chi connectivity index (χ1v) is 8.69. The predicted molar refractivity (Wildman–Crippen MR) is 105 cm³/mol. The Balaban J connectivity index is 2.33. The number of hydrogen-bond acceptors (Lipinski definition) is 5. The highest BCUT2D eigenvalue weighted by molar-refractivity contribution is 6.01. The van der Waals surface area contributed by atoms with Crippen LogP contribution < -0.4 is 5.32 Å². The average Bonchev–Trinajstić information content (AvgIpc) is 2.98. The smallest absolute Gasteiger partial charge is 0.337 e. The molecule has 0 bridgehead atoms.